The fourth-order valence-corrected chi connectivity index (χ4v) is 5.20. The predicted molar refractivity (Wildman–Crippen MR) is 138 cm³/mol. The minimum atomic E-state index is -2.76. The number of benzene rings is 1. The van der Waals surface area contributed by atoms with Gasteiger partial charge in [0.05, 0.1) is 12.6 Å². The van der Waals surface area contributed by atoms with Crippen molar-refractivity contribution in [2.24, 2.45) is 7.05 Å². The Bertz CT molecular complexity index is 1230. The number of likely N-dealkylation sites (tertiary alicyclic amines) is 1. The van der Waals surface area contributed by atoms with Gasteiger partial charge in [0.25, 0.3) is 11.8 Å². The summed E-state index contributed by atoms with van der Waals surface area (Å²) in [4.78, 5) is 30.6. The molecule has 2 N–H and O–H groups in total. The van der Waals surface area contributed by atoms with Gasteiger partial charge in [0.1, 0.15) is 12.4 Å². The molecule has 4 rings (SSSR count). The van der Waals surface area contributed by atoms with E-state index in [2.05, 4.69) is 36.3 Å². The van der Waals surface area contributed by atoms with E-state index in [-0.39, 0.29) is 49.9 Å². The summed E-state index contributed by atoms with van der Waals surface area (Å²) in [7, 11) is 1.64. The highest BCUT2D eigenvalue weighted by molar-refractivity contribution is 6.03. The number of aryl methyl sites for hydroxylation is 1. The van der Waals surface area contributed by atoms with E-state index in [4.69, 9.17) is 0 Å². The molecule has 210 valence electrons. The molecule has 2 fully saturated rings. The second-order valence-electron chi connectivity index (χ2n) is 11.5. The van der Waals surface area contributed by atoms with E-state index < -0.39 is 42.0 Å². The first-order valence-corrected chi connectivity index (χ1v) is 13.1. The van der Waals surface area contributed by atoms with Crippen LogP contribution < -0.4 is 10.2 Å². The smallest absolute Gasteiger partial charge is 0.251 e. The molecule has 39 heavy (non-hydrogen) atoms. The Balaban J connectivity index is 1.76. The van der Waals surface area contributed by atoms with Crippen LogP contribution >= 0.6 is 0 Å². The molecule has 10 nitrogen and oxygen atoms in total. The second kappa shape index (κ2) is 10.9. The Morgan fingerprint density at radius 2 is 1.87 bits per heavy atom. The van der Waals surface area contributed by atoms with Crippen LogP contribution in [0, 0.1) is 11.5 Å². The van der Waals surface area contributed by atoms with Crippen LogP contribution in [0.25, 0.3) is 0 Å². The third-order valence-electron chi connectivity index (χ3n) is 7.50. The lowest BCUT2D eigenvalue weighted by Crippen LogP contribution is -2.52. The molecule has 1 saturated heterocycles. The third kappa shape index (κ3) is 6.19. The number of rotatable bonds is 6. The number of halogens is 2. The van der Waals surface area contributed by atoms with Crippen LogP contribution in [0.3, 0.4) is 0 Å². The number of aliphatic hydroxyl groups excluding tert-OH is 1. The molecule has 2 amide bonds. The van der Waals surface area contributed by atoms with Gasteiger partial charge in [-0.25, -0.2) is 8.78 Å². The van der Waals surface area contributed by atoms with Crippen molar-refractivity contribution in [3.05, 3.63) is 42.0 Å². The zero-order valence-corrected chi connectivity index (χ0v) is 22.6. The van der Waals surface area contributed by atoms with Crippen LogP contribution in [0.1, 0.15) is 70.3 Å². The van der Waals surface area contributed by atoms with Crippen molar-refractivity contribution in [2.75, 3.05) is 11.4 Å². The quantitative estimate of drug-likeness (QED) is 0.537. The van der Waals surface area contributed by atoms with Gasteiger partial charge in [-0.1, -0.05) is 32.9 Å². The number of carbonyl (C=O) groups excluding carboxylic acids is 2. The van der Waals surface area contributed by atoms with E-state index in [1.54, 1.807) is 19.2 Å². The number of amides is 2. The number of aromatic nitrogens is 3. The molecule has 2 heterocycles. The number of nitriles is 1. The molecule has 0 bridgehead atoms. The van der Waals surface area contributed by atoms with Crippen LogP contribution in [-0.2, 0) is 22.1 Å². The molecule has 12 heteroatoms. The SMILES string of the molecule is Cn1cnnc1C(C(=O)NC1CCC(F)(F)CC1)N(C(=O)C1CC(O)CN1C#N)c1ccc(C(C)(C)C)cc1. The fourth-order valence-electron chi connectivity index (χ4n) is 5.20. The van der Waals surface area contributed by atoms with Crippen LogP contribution in [0.4, 0.5) is 14.5 Å². The lowest BCUT2D eigenvalue weighted by molar-refractivity contribution is -0.129. The molecule has 1 aromatic heterocycles. The van der Waals surface area contributed by atoms with Gasteiger partial charge < -0.3 is 15.0 Å². The van der Waals surface area contributed by atoms with Crippen LogP contribution in [0.15, 0.2) is 30.6 Å². The molecule has 1 aliphatic heterocycles. The number of β-amino-alcohol motifs (C(OH)–C–C–N with tert-alkyl or cyclic N) is 1. The number of carbonyl (C=O) groups is 2. The third-order valence-corrected chi connectivity index (χ3v) is 7.50. The van der Waals surface area contributed by atoms with E-state index in [1.165, 1.54) is 20.7 Å². The van der Waals surface area contributed by atoms with Crippen LogP contribution in [-0.4, -0.2) is 67.2 Å². The zero-order chi connectivity index (χ0) is 28.5. The van der Waals surface area contributed by atoms with E-state index in [9.17, 15) is 28.7 Å². The van der Waals surface area contributed by atoms with Gasteiger partial charge >= 0.3 is 0 Å². The van der Waals surface area contributed by atoms with Crippen molar-refractivity contribution in [2.45, 2.75) is 88.4 Å². The Morgan fingerprint density at radius 1 is 1.23 bits per heavy atom. The molecule has 1 aromatic carbocycles. The van der Waals surface area contributed by atoms with Crippen molar-refractivity contribution in [3.8, 4) is 6.19 Å². The molecule has 3 atom stereocenters. The minimum absolute atomic E-state index is 0.000811. The zero-order valence-electron chi connectivity index (χ0n) is 22.6. The summed E-state index contributed by atoms with van der Waals surface area (Å²) in [5, 5.41) is 30.8. The topological polar surface area (TPSA) is 127 Å². The van der Waals surface area contributed by atoms with Crippen LogP contribution in [0.2, 0.25) is 0 Å². The van der Waals surface area contributed by atoms with Gasteiger partial charge in [0.15, 0.2) is 18.1 Å². The van der Waals surface area contributed by atoms with E-state index in [0.717, 1.165) is 5.56 Å². The molecule has 0 spiro atoms. The highest BCUT2D eigenvalue weighted by atomic mass is 19.3. The molecule has 1 aliphatic carbocycles. The molecule has 2 aromatic rings. The molecule has 1 saturated carbocycles. The summed E-state index contributed by atoms with van der Waals surface area (Å²) in [6, 6.07) is 4.43. The number of anilines is 1. The van der Waals surface area contributed by atoms with E-state index in [1.807, 2.05) is 18.3 Å². The molecule has 3 unspecified atom stereocenters. The molecular formula is C27H35F2N7O3. The lowest BCUT2D eigenvalue weighted by Gasteiger charge is -2.35. The maximum absolute atomic E-state index is 14.2. The summed E-state index contributed by atoms with van der Waals surface area (Å²) in [6.07, 6.45) is 2.06. The van der Waals surface area contributed by atoms with Crippen LogP contribution in [0.5, 0.6) is 0 Å². The van der Waals surface area contributed by atoms with E-state index in [0.29, 0.717) is 5.69 Å². The normalized spacial score (nSPS) is 22.3. The largest absolute Gasteiger partial charge is 0.391 e. The Labute approximate surface area is 226 Å². The average molecular weight is 544 g/mol. The number of aliphatic hydroxyl groups is 1. The number of nitrogens with one attached hydrogen (secondary N) is 1. The van der Waals surface area contributed by atoms with E-state index >= 15 is 0 Å². The number of hydrogen-bond donors (Lipinski definition) is 2. The van der Waals surface area contributed by atoms with Gasteiger partial charge in [-0.3, -0.25) is 19.4 Å². The molecular weight excluding hydrogens is 508 g/mol. The number of alkyl halides is 2. The Morgan fingerprint density at radius 3 is 2.41 bits per heavy atom. The van der Waals surface area contributed by atoms with Crippen molar-refractivity contribution in [1.82, 2.24) is 25.0 Å². The summed E-state index contributed by atoms with van der Waals surface area (Å²) in [6.45, 7) is 6.16. The summed E-state index contributed by atoms with van der Waals surface area (Å²) >= 11 is 0. The van der Waals surface area contributed by atoms with Crippen molar-refractivity contribution < 1.29 is 23.5 Å². The first-order valence-electron chi connectivity index (χ1n) is 13.1. The maximum Gasteiger partial charge on any atom is 0.251 e. The summed E-state index contributed by atoms with van der Waals surface area (Å²) in [5.74, 6) is -3.74. The predicted octanol–water partition coefficient (Wildman–Crippen LogP) is 2.80. The summed E-state index contributed by atoms with van der Waals surface area (Å²) in [5.41, 5.74) is 1.24. The van der Waals surface area contributed by atoms with Crippen molar-refractivity contribution in [3.63, 3.8) is 0 Å². The average Bonchev–Trinajstić information content (AvgIpc) is 3.47. The monoisotopic (exact) mass is 543 g/mol. The number of hydrogen-bond acceptors (Lipinski definition) is 7. The Hall–Kier alpha value is -3.59. The van der Waals surface area contributed by atoms with Gasteiger partial charge in [0.2, 0.25) is 5.92 Å². The van der Waals surface area contributed by atoms with Gasteiger partial charge in [-0.15, -0.1) is 10.2 Å². The van der Waals surface area contributed by atoms with Gasteiger partial charge in [-0.2, -0.15) is 5.26 Å². The summed E-state index contributed by atoms with van der Waals surface area (Å²) < 4.78 is 29.0. The van der Waals surface area contributed by atoms with Gasteiger partial charge in [0, 0.05) is 38.0 Å². The van der Waals surface area contributed by atoms with Crippen molar-refractivity contribution in [1.29, 1.82) is 5.26 Å². The lowest BCUT2D eigenvalue weighted by atomic mass is 9.87. The fraction of sp³-hybridized carbons (Fsp3) is 0.593. The first-order chi connectivity index (χ1) is 18.3. The standard InChI is InChI=1S/C27H35F2N7O3/c1-26(2,3)17-5-7-19(8-6-17)36(25(39)21-13-20(37)14-35(21)15-30)22(23-33-31-16-34(23)4)24(38)32-18-9-11-27(28,29)12-10-18/h5-8,16,18,20-22,37H,9-14H2,1-4H3,(H,32,38). The first kappa shape index (κ1) is 28.4. The van der Waals surface area contributed by atoms with Crippen molar-refractivity contribution >= 4 is 17.5 Å². The molecule has 0 radical (unpaired) electrons. The second-order valence-corrected chi connectivity index (χ2v) is 11.5. The Kier molecular flexibility index (Phi) is 7.93. The highest BCUT2D eigenvalue weighted by Crippen LogP contribution is 2.35. The minimum Gasteiger partial charge on any atom is -0.391 e. The maximum atomic E-state index is 14.2. The molecule has 2 aliphatic rings. The number of nitrogens with zero attached hydrogens (tertiary/aromatic N) is 6. The highest BCUT2D eigenvalue weighted by Gasteiger charge is 2.45. The van der Waals surface area contributed by atoms with Gasteiger partial charge in [-0.05, 0) is 36.0 Å².